The Labute approximate surface area is 138 Å². The molecule has 1 N–H and O–H groups in total. The van der Waals surface area contributed by atoms with Crippen molar-refractivity contribution in [2.75, 3.05) is 13.6 Å². The normalized spacial score (nSPS) is 19.1. The Morgan fingerprint density at radius 1 is 1.30 bits per heavy atom. The van der Waals surface area contributed by atoms with Gasteiger partial charge in [-0.2, -0.15) is 0 Å². The molecule has 1 aromatic rings. The van der Waals surface area contributed by atoms with Gasteiger partial charge < -0.3 is 15.1 Å². The van der Waals surface area contributed by atoms with Gasteiger partial charge in [0.15, 0.2) is 0 Å². The molecule has 5 nitrogen and oxygen atoms in total. The second-order valence-corrected chi connectivity index (χ2v) is 6.39. The second kappa shape index (κ2) is 7.99. The number of urea groups is 1. The number of rotatable bonds is 4. The number of hydrogen-bond acceptors (Lipinski definition) is 2. The standard InChI is InChI=1S/C18H27N3O2/c1-14-9-7-8-12-21(14)17(22)15(2)19-18(23)20(3)13-16-10-5-4-6-11-16/h4-6,10-11,14-15H,7-9,12-13H2,1-3H3,(H,19,23). The van der Waals surface area contributed by atoms with E-state index in [-0.39, 0.29) is 18.0 Å². The largest absolute Gasteiger partial charge is 0.338 e. The van der Waals surface area contributed by atoms with Crippen LogP contribution in [-0.2, 0) is 11.3 Å². The fraction of sp³-hybridized carbons (Fsp3) is 0.556. The van der Waals surface area contributed by atoms with Crippen LogP contribution in [0.4, 0.5) is 4.79 Å². The average molecular weight is 317 g/mol. The zero-order valence-corrected chi connectivity index (χ0v) is 14.3. The number of likely N-dealkylation sites (tertiary alicyclic amines) is 1. The zero-order chi connectivity index (χ0) is 16.8. The van der Waals surface area contributed by atoms with Crippen LogP contribution in [0, 0.1) is 0 Å². The molecule has 23 heavy (non-hydrogen) atoms. The smallest absolute Gasteiger partial charge is 0.318 e. The number of carbonyl (C=O) groups excluding carboxylic acids is 2. The Hall–Kier alpha value is -2.04. The number of hydrogen-bond donors (Lipinski definition) is 1. The molecule has 1 saturated heterocycles. The Bertz CT molecular complexity index is 532. The molecule has 0 saturated carbocycles. The van der Waals surface area contributed by atoms with Gasteiger partial charge in [-0.1, -0.05) is 30.3 Å². The molecular weight excluding hydrogens is 290 g/mol. The van der Waals surface area contributed by atoms with Crippen LogP contribution in [0.1, 0.15) is 38.7 Å². The van der Waals surface area contributed by atoms with E-state index in [1.165, 1.54) is 6.42 Å². The highest BCUT2D eigenvalue weighted by Crippen LogP contribution is 2.17. The van der Waals surface area contributed by atoms with E-state index in [0.29, 0.717) is 6.54 Å². The summed E-state index contributed by atoms with van der Waals surface area (Å²) < 4.78 is 0. The molecule has 0 bridgehead atoms. The summed E-state index contributed by atoms with van der Waals surface area (Å²) in [4.78, 5) is 28.3. The minimum Gasteiger partial charge on any atom is -0.338 e. The zero-order valence-electron chi connectivity index (χ0n) is 14.3. The highest BCUT2D eigenvalue weighted by atomic mass is 16.2. The molecule has 0 aromatic heterocycles. The van der Waals surface area contributed by atoms with E-state index in [0.717, 1.165) is 24.9 Å². The molecule has 2 rings (SSSR count). The van der Waals surface area contributed by atoms with Crippen LogP contribution in [-0.4, -0.2) is 47.4 Å². The van der Waals surface area contributed by atoms with Crippen LogP contribution in [0.15, 0.2) is 30.3 Å². The van der Waals surface area contributed by atoms with Crippen LogP contribution in [0.25, 0.3) is 0 Å². The van der Waals surface area contributed by atoms with Gasteiger partial charge in [0.25, 0.3) is 0 Å². The molecule has 1 aliphatic heterocycles. The van der Waals surface area contributed by atoms with Gasteiger partial charge in [-0.15, -0.1) is 0 Å². The molecular formula is C18H27N3O2. The van der Waals surface area contributed by atoms with Gasteiger partial charge in [0, 0.05) is 26.2 Å². The lowest BCUT2D eigenvalue weighted by molar-refractivity contribution is -0.136. The molecule has 1 aliphatic rings. The van der Waals surface area contributed by atoms with Gasteiger partial charge >= 0.3 is 6.03 Å². The van der Waals surface area contributed by atoms with Crippen molar-refractivity contribution in [1.82, 2.24) is 15.1 Å². The first-order chi connectivity index (χ1) is 11.0. The fourth-order valence-corrected chi connectivity index (χ4v) is 2.96. The first kappa shape index (κ1) is 17.3. The number of nitrogens with one attached hydrogen (secondary N) is 1. The number of amides is 3. The summed E-state index contributed by atoms with van der Waals surface area (Å²) in [5.74, 6) is 0.0126. The van der Waals surface area contributed by atoms with Crippen molar-refractivity contribution in [3.63, 3.8) is 0 Å². The van der Waals surface area contributed by atoms with Gasteiger partial charge in [0.1, 0.15) is 6.04 Å². The monoisotopic (exact) mass is 317 g/mol. The maximum atomic E-state index is 12.5. The van der Waals surface area contributed by atoms with Crippen molar-refractivity contribution in [2.45, 2.75) is 51.7 Å². The highest BCUT2D eigenvalue weighted by Gasteiger charge is 2.28. The van der Waals surface area contributed by atoms with Crippen molar-refractivity contribution >= 4 is 11.9 Å². The van der Waals surface area contributed by atoms with Crippen LogP contribution < -0.4 is 5.32 Å². The van der Waals surface area contributed by atoms with Crippen molar-refractivity contribution in [3.05, 3.63) is 35.9 Å². The van der Waals surface area contributed by atoms with E-state index < -0.39 is 6.04 Å². The lowest BCUT2D eigenvalue weighted by Crippen LogP contribution is -2.53. The number of piperidine rings is 1. The summed E-state index contributed by atoms with van der Waals surface area (Å²) in [6, 6.07) is 9.35. The van der Waals surface area contributed by atoms with E-state index in [2.05, 4.69) is 12.2 Å². The third-order valence-electron chi connectivity index (χ3n) is 4.41. The predicted molar refractivity (Wildman–Crippen MR) is 90.9 cm³/mol. The topological polar surface area (TPSA) is 52.7 Å². The SMILES string of the molecule is CC(NC(=O)N(C)Cc1ccccc1)C(=O)N1CCCCC1C. The summed E-state index contributed by atoms with van der Waals surface area (Å²) in [6.45, 7) is 5.15. The molecule has 126 valence electrons. The van der Waals surface area contributed by atoms with Gasteiger partial charge in [-0.3, -0.25) is 4.79 Å². The van der Waals surface area contributed by atoms with Crippen molar-refractivity contribution in [1.29, 1.82) is 0 Å². The van der Waals surface area contributed by atoms with Crippen LogP contribution >= 0.6 is 0 Å². The molecule has 5 heteroatoms. The summed E-state index contributed by atoms with van der Waals surface area (Å²) >= 11 is 0. The van der Waals surface area contributed by atoms with Gasteiger partial charge in [-0.05, 0) is 38.7 Å². The second-order valence-electron chi connectivity index (χ2n) is 6.39. The lowest BCUT2D eigenvalue weighted by atomic mass is 10.0. The number of benzene rings is 1. The van der Waals surface area contributed by atoms with Crippen LogP contribution in [0.5, 0.6) is 0 Å². The third-order valence-corrected chi connectivity index (χ3v) is 4.41. The fourth-order valence-electron chi connectivity index (χ4n) is 2.96. The maximum absolute atomic E-state index is 12.5. The first-order valence-corrected chi connectivity index (χ1v) is 8.35. The summed E-state index contributed by atoms with van der Waals surface area (Å²) in [6.07, 6.45) is 3.26. The van der Waals surface area contributed by atoms with Crippen LogP contribution in [0.2, 0.25) is 0 Å². The van der Waals surface area contributed by atoms with E-state index >= 15 is 0 Å². The Morgan fingerprint density at radius 3 is 2.65 bits per heavy atom. The van der Waals surface area contributed by atoms with E-state index in [9.17, 15) is 9.59 Å². The molecule has 0 spiro atoms. The highest BCUT2D eigenvalue weighted by molar-refractivity contribution is 5.86. The first-order valence-electron chi connectivity index (χ1n) is 8.35. The van der Waals surface area contributed by atoms with E-state index in [4.69, 9.17) is 0 Å². The van der Waals surface area contributed by atoms with Gasteiger partial charge in [0.2, 0.25) is 5.91 Å². The average Bonchev–Trinajstić information content (AvgIpc) is 2.55. The predicted octanol–water partition coefficient (Wildman–Crippen LogP) is 2.62. The molecule has 1 aromatic carbocycles. The third kappa shape index (κ3) is 4.71. The molecule has 0 aliphatic carbocycles. The summed E-state index contributed by atoms with van der Waals surface area (Å²) in [7, 11) is 1.74. The maximum Gasteiger partial charge on any atom is 0.318 e. The Balaban J connectivity index is 1.87. The molecule has 1 fully saturated rings. The minimum absolute atomic E-state index is 0.0126. The molecule has 3 amide bonds. The number of carbonyl (C=O) groups is 2. The van der Waals surface area contributed by atoms with E-state index in [1.807, 2.05) is 35.2 Å². The van der Waals surface area contributed by atoms with Crippen molar-refractivity contribution < 1.29 is 9.59 Å². The molecule has 2 unspecified atom stereocenters. The Morgan fingerprint density at radius 2 is 2.00 bits per heavy atom. The van der Waals surface area contributed by atoms with Crippen LogP contribution in [0.3, 0.4) is 0 Å². The quantitative estimate of drug-likeness (QED) is 0.928. The number of nitrogens with zero attached hydrogens (tertiary/aromatic N) is 2. The summed E-state index contributed by atoms with van der Waals surface area (Å²) in [5.41, 5.74) is 1.06. The van der Waals surface area contributed by atoms with Gasteiger partial charge in [-0.25, -0.2) is 4.79 Å². The molecule has 0 radical (unpaired) electrons. The van der Waals surface area contributed by atoms with Crippen molar-refractivity contribution in [3.8, 4) is 0 Å². The minimum atomic E-state index is -0.499. The van der Waals surface area contributed by atoms with Gasteiger partial charge in [0.05, 0.1) is 0 Å². The Kier molecular flexibility index (Phi) is 6.02. The lowest BCUT2D eigenvalue weighted by Gasteiger charge is -2.35. The molecule has 2 atom stereocenters. The summed E-state index contributed by atoms with van der Waals surface area (Å²) in [5, 5.41) is 2.81. The van der Waals surface area contributed by atoms with E-state index in [1.54, 1.807) is 18.9 Å². The van der Waals surface area contributed by atoms with Crippen molar-refractivity contribution in [2.24, 2.45) is 0 Å². The molecule has 1 heterocycles.